The Morgan fingerprint density at radius 2 is 2.29 bits per heavy atom. The van der Waals surface area contributed by atoms with Gasteiger partial charge in [0.1, 0.15) is 0 Å². The van der Waals surface area contributed by atoms with Gasteiger partial charge in [-0.25, -0.2) is 4.98 Å². The van der Waals surface area contributed by atoms with Crippen molar-refractivity contribution in [2.75, 3.05) is 31.9 Å². The van der Waals surface area contributed by atoms with E-state index in [2.05, 4.69) is 28.3 Å². The van der Waals surface area contributed by atoms with E-state index >= 15 is 0 Å². The minimum absolute atomic E-state index is 0.195. The fraction of sp³-hybridized carbons (Fsp3) is 0.467. The van der Waals surface area contributed by atoms with Crippen LogP contribution < -0.4 is 5.32 Å². The molecule has 1 aromatic heterocycles. The van der Waals surface area contributed by atoms with Crippen LogP contribution in [0.3, 0.4) is 0 Å². The summed E-state index contributed by atoms with van der Waals surface area (Å²) in [4.78, 5) is 22.0. The molecule has 2 N–H and O–H groups in total. The van der Waals surface area contributed by atoms with Gasteiger partial charge in [-0.2, -0.15) is 0 Å². The molecule has 0 spiro atoms. The van der Waals surface area contributed by atoms with Crippen LogP contribution in [0.1, 0.15) is 12.0 Å². The highest BCUT2D eigenvalue weighted by molar-refractivity contribution is 7.99. The Hall–Kier alpha value is -1.53. The first-order valence-electron chi connectivity index (χ1n) is 7.30. The van der Waals surface area contributed by atoms with Crippen molar-refractivity contribution in [2.45, 2.75) is 18.5 Å². The van der Waals surface area contributed by atoms with Crippen LogP contribution in [0.4, 0.5) is 0 Å². The van der Waals surface area contributed by atoms with Gasteiger partial charge in [-0.15, -0.1) is 0 Å². The second kappa shape index (κ2) is 6.49. The SMILES string of the molecule is Cc1ccc2nc(SCC(=O)N3CCCNCC3)[nH]c2c1. The van der Waals surface area contributed by atoms with Gasteiger partial charge >= 0.3 is 0 Å². The predicted octanol–water partition coefficient (Wildman–Crippen LogP) is 1.79. The summed E-state index contributed by atoms with van der Waals surface area (Å²) in [7, 11) is 0. The molecule has 1 fully saturated rings. The quantitative estimate of drug-likeness (QED) is 0.849. The molecule has 0 saturated carbocycles. The van der Waals surface area contributed by atoms with E-state index < -0.39 is 0 Å². The zero-order chi connectivity index (χ0) is 14.7. The van der Waals surface area contributed by atoms with E-state index in [-0.39, 0.29) is 5.91 Å². The van der Waals surface area contributed by atoms with Crippen LogP contribution in [-0.2, 0) is 4.79 Å². The molecule has 112 valence electrons. The molecular formula is C15H20N4OS. The molecule has 1 aliphatic rings. The lowest BCUT2D eigenvalue weighted by molar-refractivity contribution is -0.128. The third-order valence-electron chi connectivity index (χ3n) is 3.64. The smallest absolute Gasteiger partial charge is 0.233 e. The predicted molar refractivity (Wildman–Crippen MR) is 85.6 cm³/mol. The van der Waals surface area contributed by atoms with Crippen molar-refractivity contribution < 1.29 is 4.79 Å². The summed E-state index contributed by atoms with van der Waals surface area (Å²) in [6.45, 7) is 5.61. The van der Waals surface area contributed by atoms with Gasteiger partial charge in [0.15, 0.2) is 5.16 Å². The summed E-state index contributed by atoms with van der Waals surface area (Å²) in [6, 6.07) is 6.13. The summed E-state index contributed by atoms with van der Waals surface area (Å²) in [5.41, 5.74) is 3.19. The van der Waals surface area contributed by atoms with Crippen molar-refractivity contribution in [3.8, 4) is 0 Å². The highest BCUT2D eigenvalue weighted by Gasteiger charge is 2.16. The van der Waals surface area contributed by atoms with E-state index in [1.165, 1.54) is 17.3 Å². The molecule has 2 aromatic rings. The van der Waals surface area contributed by atoms with Gasteiger partial charge in [-0.3, -0.25) is 4.79 Å². The Kier molecular flexibility index (Phi) is 4.45. The Bertz CT molecular complexity index is 632. The zero-order valence-electron chi connectivity index (χ0n) is 12.2. The number of fused-ring (bicyclic) bond motifs is 1. The molecule has 0 unspecified atom stereocenters. The third-order valence-corrected chi connectivity index (χ3v) is 4.50. The van der Waals surface area contributed by atoms with Crippen molar-refractivity contribution in [3.63, 3.8) is 0 Å². The second-order valence-corrected chi connectivity index (χ2v) is 6.30. The lowest BCUT2D eigenvalue weighted by atomic mass is 10.2. The molecule has 0 bridgehead atoms. The summed E-state index contributed by atoms with van der Waals surface area (Å²) in [6.07, 6.45) is 1.03. The summed E-state index contributed by atoms with van der Waals surface area (Å²) < 4.78 is 0. The highest BCUT2D eigenvalue weighted by atomic mass is 32.2. The number of H-pyrrole nitrogens is 1. The number of imidazole rings is 1. The number of amides is 1. The van der Waals surface area contributed by atoms with Gasteiger partial charge < -0.3 is 15.2 Å². The average molecular weight is 304 g/mol. The van der Waals surface area contributed by atoms with Gasteiger partial charge in [-0.1, -0.05) is 17.8 Å². The van der Waals surface area contributed by atoms with Gasteiger partial charge in [0.2, 0.25) is 5.91 Å². The molecule has 21 heavy (non-hydrogen) atoms. The Labute approximate surface area is 128 Å². The maximum Gasteiger partial charge on any atom is 0.233 e. The number of hydrogen-bond acceptors (Lipinski definition) is 4. The van der Waals surface area contributed by atoms with E-state index in [1.807, 2.05) is 17.0 Å². The maximum atomic E-state index is 12.2. The Morgan fingerprint density at radius 3 is 3.19 bits per heavy atom. The number of aromatic nitrogens is 2. The monoisotopic (exact) mass is 304 g/mol. The number of nitrogens with one attached hydrogen (secondary N) is 2. The van der Waals surface area contributed by atoms with Crippen molar-refractivity contribution in [2.24, 2.45) is 0 Å². The minimum Gasteiger partial charge on any atom is -0.341 e. The molecule has 1 amide bonds. The normalized spacial score (nSPS) is 16.1. The van der Waals surface area contributed by atoms with Gasteiger partial charge in [0, 0.05) is 19.6 Å². The second-order valence-electron chi connectivity index (χ2n) is 5.34. The molecule has 1 aliphatic heterocycles. The molecule has 1 aromatic carbocycles. The largest absolute Gasteiger partial charge is 0.341 e. The van der Waals surface area contributed by atoms with Crippen molar-refractivity contribution in [1.82, 2.24) is 20.2 Å². The van der Waals surface area contributed by atoms with Crippen molar-refractivity contribution in [1.29, 1.82) is 0 Å². The average Bonchev–Trinajstić information content (AvgIpc) is 2.69. The Balaban J connectivity index is 1.61. The third kappa shape index (κ3) is 3.57. The fourth-order valence-corrected chi connectivity index (χ4v) is 3.27. The van der Waals surface area contributed by atoms with E-state index in [4.69, 9.17) is 0 Å². The molecule has 6 heteroatoms. The minimum atomic E-state index is 0.195. The topological polar surface area (TPSA) is 61.0 Å². The first kappa shape index (κ1) is 14.4. The number of carbonyl (C=O) groups is 1. The number of aromatic amines is 1. The van der Waals surface area contributed by atoms with Gasteiger partial charge in [0.05, 0.1) is 16.8 Å². The molecular weight excluding hydrogens is 284 g/mol. The van der Waals surface area contributed by atoms with E-state index in [0.29, 0.717) is 5.75 Å². The standard InChI is InChI=1S/C15H20N4OS/c1-11-3-4-12-13(9-11)18-15(17-12)21-10-14(20)19-7-2-5-16-6-8-19/h3-4,9,16H,2,5-8,10H2,1H3,(H,17,18). The summed E-state index contributed by atoms with van der Waals surface area (Å²) >= 11 is 1.48. The summed E-state index contributed by atoms with van der Waals surface area (Å²) in [5, 5.41) is 4.13. The molecule has 0 aliphatic carbocycles. The summed E-state index contributed by atoms with van der Waals surface area (Å²) in [5.74, 6) is 0.638. The lowest BCUT2D eigenvalue weighted by Gasteiger charge is -2.19. The molecule has 1 saturated heterocycles. The van der Waals surface area contributed by atoms with E-state index in [0.717, 1.165) is 48.8 Å². The van der Waals surface area contributed by atoms with Crippen LogP contribution in [0.25, 0.3) is 11.0 Å². The van der Waals surface area contributed by atoms with Crippen LogP contribution in [0.2, 0.25) is 0 Å². The number of aryl methyl sites for hydroxylation is 1. The van der Waals surface area contributed by atoms with E-state index in [9.17, 15) is 4.79 Å². The zero-order valence-corrected chi connectivity index (χ0v) is 13.0. The van der Waals surface area contributed by atoms with Crippen LogP contribution >= 0.6 is 11.8 Å². The number of nitrogens with zero attached hydrogens (tertiary/aromatic N) is 2. The van der Waals surface area contributed by atoms with E-state index in [1.54, 1.807) is 0 Å². The maximum absolute atomic E-state index is 12.2. The molecule has 2 heterocycles. The first-order valence-corrected chi connectivity index (χ1v) is 8.28. The Morgan fingerprint density at radius 1 is 1.38 bits per heavy atom. The van der Waals surface area contributed by atoms with Crippen LogP contribution in [0, 0.1) is 6.92 Å². The first-order chi connectivity index (χ1) is 10.2. The van der Waals surface area contributed by atoms with Crippen molar-refractivity contribution in [3.05, 3.63) is 23.8 Å². The number of carbonyl (C=O) groups excluding carboxylic acids is 1. The van der Waals surface area contributed by atoms with Gasteiger partial charge in [0.25, 0.3) is 0 Å². The van der Waals surface area contributed by atoms with Crippen molar-refractivity contribution >= 4 is 28.7 Å². The number of benzene rings is 1. The number of hydrogen-bond donors (Lipinski definition) is 2. The molecule has 3 rings (SSSR count). The van der Waals surface area contributed by atoms with Crippen LogP contribution in [-0.4, -0.2) is 52.7 Å². The fourth-order valence-electron chi connectivity index (χ4n) is 2.48. The number of rotatable bonds is 3. The van der Waals surface area contributed by atoms with Crippen LogP contribution in [0.5, 0.6) is 0 Å². The molecule has 5 nitrogen and oxygen atoms in total. The van der Waals surface area contributed by atoms with Crippen LogP contribution in [0.15, 0.2) is 23.4 Å². The molecule has 0 radical (unpaired) electrons. The van der Waals surface area contributed by atoms with Gasteiger partial charge in [-0.05, 0) is 37.6 Å². The highest BCUT2D eigenvalue weighted by Crippen LogP contribution is 2.20. The lowest BCUT2D eigenvalue weighted by Crippen LogP contribution is -2.35. The number of thioether (sulfide) groups is 1. The molecule has 0 atom stereocenters.